The molecule has 0 saturated heterocycles. The van der Waals surface area contributed by atoms with E-state index < -0.39 is 50.8 Å². The van der Waals surface area contributed by atoms with E-state index in [1.807, 2.05) is 19.1 Å². The van der Waals surface area contributed by atoms with E-state index in [1.54, 1.807) is 48.3 Å². The van der Waals surface area contributed by atoms with Crippen molar-refractivity contribution in [1.82, 2.24) is 20.1 Å². The summed E-state index contributed by atoms with van der Waals surface area (Å²) >= 11 is 0. The van der Waals surface area contributed by atoms with Crippen LogP contribution in [0.2, 0.25) is 0 Å². The molecule has 2 atom stereocenters. The van der Waals surface area contributed by atoms with Crippen LogP contribution >= 0.6 is 0 Å². The Balaban J connectivity index is 1.23. The molecule has 6 rings (SSSR count). The van der Waals surface area contributed by atoms with Crippen LogP contribution in [0.4, 0.5) is 18.9 Å². The van der Waals surface area contributed by atoms with Crippen molar-refractivity contribution in [3.05, 3.63) is 119 Å². The third-order valence-electron chi connectivity index (χ3n) is 9.17. The molecule has 16 heteroatoms. The highest BCUT2D eigenvalue weighted by Gasteiger charge is 2.28. The maximum absolute atomic E-state index is 15.4. The molecule has 12 nitrogen and oxygen atoms in total. The Hall–Kier alpha value is -6.39. The van der Waals surface area contributed by atoms with Crippen molar-refractivity contribution in [1.29, 1.82) is 0 Å². The fraction of sp³-hybridized carbons (Fsp3) is 0.195. The number of benzene rings is 4. The average Bonchev–Trinajstić information content (AvgIpc) is 3.57. The quantitative estimate of drug-likeness (QED) is 0.0752. The van der Waals surface area contributed by atoms with Crippen molar-refractivity contribution in [2.45, 2.75) is 30.9 Å². The fourth-order valence-corrected chi connectivity index (χ4v) is 7.65. The first-order valence-electron chi connectivity index (χ1n) is 17.4. The largest absolute Gasteiger partial charge is 0.496 e. The van der Waals surface area contributed by atoms with Gasteiger partial charge in [-0.1, -0.05) is 24.3 Å². The number of aliphatic carboxylic acids is 1. The summed E-state index contributed by atoms with van der Waals surface area (Å²) in [4.78, 5) is 29.5. The topological polar surface area (TPSA) is 154 Å². The summed E-state index contributed by atoms with van der Waals surface area (Å²) in [6.07, 6.45) is 2.59. The number of hydrogen-bond acceptors (Lipinski definition) is 8. The van der Waals surface area contributed by atoms with Crippen LogP contribution in [-0.4, -0.2) is 68.7 Å². The van der Waals surface area contributed by atoms with Crippen LogP contribution < -0.4 is 19.5 Å². The number of carbonyl (C=O) groups excluding carboxylic acids is 1. The van der Waals surface area contributed by atoms with Gasteiger partial charge in [-0.25, -0.2) is 22.8 Å². The van der Waals surface area contributed by atoms with E-state index in [0.29, 0.717) is 63.4 Å². The predicted molar refractivity (Wildman–Crippen MR) is 210 cm³/mol. The van der Waals surface area contributed by atoms with Gasteiger partial charge in [0.05, 0.1) is 53.5 Å². The van der Waals surface area contributed by atoms with Crippen molar-refractivity contribution in [3.63, 3.8) is 0 Å². The Morgan fingerprint density at radius 3 is 2.21 bits per heavy atom. The SMILES string of the molecule is C=S(=O)(Nc1cc(F)c(C(=O)N[C@H](Cc2ccc(-c3c(OC)cc(COCC)cc3OC)c3c2cnn3C)C(=O)O)c(F)c1)c1ccc(-c2ccnc(F)c2)cc1. The first-order valence-corrected chi connectivity index (χ1v) is 19.1. The van der Waals surface area contributed by atoms with Crippen LogP contribution in [0.1, 0.15) is 28.4 Å². The molecule has 0 aliphatic rings. The molecule has 296 valence electrons. The van der Waals surface area contributed by atoms with Gasteiger partial charge in [0.2, 0.25) is 5.95 Å². The van der Waals surface area contributed by atoms with Gasteiger partial charge in [0.1, 0.15) is 34.7 Å². The number of carboxylic acids is 1. The normalized spacial score (nSPS) is 12.8. The van der Waals surface area contributed by atoms with Crippen molar-refractivity contribution in [2.75, 3.05) is 25.5 Å². The first-order chi connectivity index (χ1) is 27.2. The molecule has 0 radical (unpaired) electrons. The van der Waals surface area contributed by atoms with Crippen LogP contribution in [0.25, 0.3) is 33.2 Å². The summed E-state index contributed by atoms with van der Waals surface area (Å²) in [5, 5.41) is 17.3. The molecule has 57 heavy (non-hydrogen) atoms. The molecular weight excluding hydrogens is 764 g/mol. The van der Waals surface area contributed by atoms with Crippen LogP contribution in [0.3, 0.4) is 0 Å². The van der Waals surface area contributed by atoms with Crippen LogP contribution in [-0.2, 0) is 39.3 Å². The van der Waals surface area contributed by atoms with Gasteiger partial charge in [-0.15, -0.1) is 0 Å². The number of amides is 1. The minimum absolute atomic E-state index is 0.178. The molecule has 0 aliphatic carbocycles. The van der Waals surface area contributed by atoms with E-state index in [-0.39, 0.29) is 17.0 Å². The van der Waals surface area contributed by atoms with Crippen LogP contribution in [0.15, 0.2) is 90.1 Å². The molecule has 0 bridgehead atoms. The number of fused-ring (bicyclic) bond motifs is 1. The lowest BCUT2D eigenvalue weighted by Crippen LogP contribution is -2.43. The lowest BCUT2D eigenvalue weighted by Gasteiger charge is -2.19. The molecule has 0 aliphatic heterocycles. The van der Waals surface area contributed by atoms with Gasteiger partial charge in [-0.3, -0.25) is 9.48 Å². The molecule has 2 heterocycles. The third kappa shape index (κ3) is 8.56. The zero-order valence-electron chi connectivity index (χ0n) is 31.3. The molecule has 1 amide bonds. The Morgan fingerprint density at radius 1 is 0.947 bits per heavy atom. The van der Waals surface area contributed by atoms with Crippen LogP contribution in [0, 0.1) is 17.6 Å². The number of aryl methyl sites for hydroxylation is 1. The average molecular weight is 802 g/mol. The second kappa shape index (κ2) is 16.8. The van der Waals surface area contributed by atoms with Crippen LogP contribution in [0.5, 0.6) is 11.5 Å². The molecule has 4 aromatic carbocycles. The minimum Gasteiger partial charge on any atom is -0.496 e. The van der Waals surface area contributed by atoms with E-state index in [4.69, 9.17) is 14.2 Å². The summed E-state index contributed by atoms with van der Waals surface area (Å²) < 4.78 is 79.1. The van der Waals surface area contributed by atoms with E-state index >= 15 is 8.78 Å². The molecule has 3 N–H and O–H groups in total. The number of ether oxygens (including phenoxy) is 3. The number of pyridine rings is 1. The van der Waals surface area contributed by atoms with Gasteiger partial charge >= 0.3 is 5.97 Å². The maximum atomic E-state index is 15.4. The highest BCUT2D eigenvalue weighted by Crippen LogP contribution is 2.43. The fourth-order valence-electron chi connectivity index (χ4n) is 6.46. The van der Waals surface area contributed by atoms with E-state index in [1.165, 1.54) is 38.6 Å². The second-order valence-electron chi connectivity index (χ2n) is 12.9. The summed E-state index contributed by atoms with van der Waals surface area (Å²) in [5.74, 6) is -1.42. The van der Waals surface area contributed by atoms with E-state index in [2.05, 4.69) is 26.0 Å². The maximum Gasteiger partial charge on any atom is 0.326 e. The Labute approximate surface area is 326 Å². The zero-order valence-corrected chi connectivity index (χ0v) is 32.1. The summed E-state index contributed by atoms with van der Waals surface area (Å²) in [5.41, 5.74) is 3.02. The van der Waals surface area contributed by atoms with Gasteiger partial charge in [0.15, 0.2) is 0 Å². The number of nitrogens with zero attached hydrogens (tertiary/aromatic N) is 3. The van der Waals surface area contributed by atoms with Crippen molar-refractivity contribution >= 4 is 44.0 Å². The Morgan fingerprint density at radius 2 is 1.61 bits per heavy atom. The number of rotatable bonds is 15. The number of methoxy groups -OCH3 is 2. The van der Waals surface area contributed by atoms with Crippen molar-refractivity contribution in [2.24, 2.45) is 7.05 Å². The highest BCUT2D eigenvalue weighted by molar-refractivity contribution is 8.01. The second-order valence-corrected chi connectivity index (χ2v) is 14.9. The van der Waals surface area contributed by atoms with E-state index in [9.17, 15) is 23.3 Å². The van der Waals surface area contributed by atoms with Gasteiger partial charge in [0, 0.05) is 48.2 Å². The lowest BCUT2D eigenvalue weighted by atomic mass is 9.94. The van der Waals surface area contributed by atoms with Crippen molar-refractivity contribution in [3.8, 4) is 33.8 Å². The number of carbonyl (C=O) groups is 2. The summed E-state index contributed by atoms with van der Waals surface area (Å²) in [6.45, 7) is 2.75. The number of halogens is 3. The molecule has 1 unspecified atom stereocenters. The standard InChI is InChI=1S/C41H38F3N5O7S/c1-6-56-22-23-15-34(54-3)37(35(16-23)55-4)29-12-9-26(30-21-46-49(2)39(29)30)17-33(41(51)52)47-40(50)38-31(42)19-27(20-32(38)43)48-57(5,53)28-10-7-24(8-11-28)25-13-14-45-36(44)18-25/h7-16,18-21,33H,5-6,17,22H2,1-4H3,(H,47,50)(H,48,53)(H,51,52)/t33-,57?/m1/s1. The summed E-state index contributed by atoms with van der Waals surface area (Å²) in [7, 11) is 1.40. The highest BCUT2D eigenvalue weighted by atomic mass is 32.2. The smallest absolute Gasteiger partial charge is 0.326 e. The van der Waals surface area contributed by atoms with Gasteiger partial charge in [-0.2, -0.15) is 9.49 Å². The van der Waals surface area contributed by atoms with Gasteiger partial charge < -0.3 is 29.4 Å². The van der Waals surface area contributed by atoms with Gasteiger partial charge in [-0.05, 0) is 77.5 Å². The van der Waals surface area contributed by atoms with Crippen molar-refractivity contribution < 1.29 is 46.3 Å². The number of anilines is 1. The number of nitrogens with one attached hydrogen (secondary N) is 2. The van der Waals surface area contributed by atoms with Gasteiger partial charge in [0.25, 0.3) is 5.91 Å². The first kappa shape index (κ1) is 40.3. The molecule has 2 aromatic heterocycles. The Bertz CT molecular complexity index is 2550. The lowest BCUT2D eigenvalue weighted by molar-refractivity contribution is -0.139. The molecule has 6 aromatic rings. The molecule has 0 spiro atoms. The molecule has 0 saturated carbocycles. The predicted octanol–water partition coefficient (Wildman–Crippen LogP) is 6.80. The third-order valence-corrected chi connectivity index (χ3v) is 10.8. The zero-order chi connectivity index (χ0) is 41.0. The van der Waals surface area contributed by atoms with E-state index in [0.717, 1.165) is 17.7 Å². The molecule has 0 fully saturated rings. The number of carboxylic acid groups (broad SMARTS) is 1. The Kier molecular flexibility index (Phi) is 11.8. The number of aromatic nitrogens is 3. The minimum atomic E-state index is -3.38. The molecular formula is C41H38F3N5O7S. The number of hydrogen-bond donors (Lipinski definition) is 3. The summed E-state index contributed by atoms with van der Waals surface area (Å²) in [6, 6.07) is 15.9. The monoisotopic (exact) mass is 801 g/mol.